The van der Waals surface area contributed by atoms with Crippen molar-refractivity contribution >= 4 is 11.6 Å². The fourth-order valence-electron chi connectivity index (χ4n) is 4.03. The van der Waals surface area contributed by atoms with Crippen LogP contribution in [0.1, 0.15) is 12.0 Å². The number of hydrogen-bond donors (Lipinski definition) is 1. The van der Waals surface area contributed by atoms with Gasteiger partial charge in [-0.15, -0.1) is 0 Å². The lowest BCUT2D eigenvalue weighted by Gasteiger charge is -2.24. The first kappa shape index (κ1) is 21.7. The summed E-state index contributed by atoms with van der Waals surface area (Å²) in [6.07, 6.45) is 0.337. The van der Waals surface area contributed by atoms with E-state index in [0.29, 0.717) is 42.3 Å². The largest absolute Gasteiger partial charge is 0.457 e. The highest BCUT2D eigenvalue weighted by molar-refractivity contribution is 5.84. The molecule has 0 radical (unpaired) electrons. The van der Waals surface area contributed by atoms with Crippen LogP contribution in [0, 0.1) is 29.2 Å². The molecule has 1 amide bonds. The van der Waals surface area contributed by atoms with Gasteiger partial charge in [0.2, 0.25) is 5.91 Å². The molecule has 8 heteroatoms. The summed E-state index contributed by atoms with van der Waals surface area (Å²) < 4.78 is 60.0. The van der Waals surface area contributed by atoms with Crippen molar-refractivity contribution in [1.29, 1.82) is 0 Å². The highest BCUT2D eigenvalue weighted by atomic mass is 19.1. The zero-order valence-corrected chi connectivity index (χ0v) is 16.9. The molecule has 3 aromatic rings. The van der Waals surface area contributed by atoms with Crippen molar-refractivity contribution in [2.45, 2.75) is 18.9 Å². The lowest BCUT2D eigenvalue weighted by Crippen LogP contribution is -2.40. The normalized spacial score (nSPS) is 18.1. The Morgan fingerprint density at radius 1 is 0.906 bits per heavy atom. The molecule has 2 unspecified atom stereocenters. The molecule has 3 aromatic carbocycles. The molecule has 1 saturated heterocycles. The third kappa shape index (κ3) is 4.69. The van der Waals surface area contributed by atoms with Gasteiger partial charge in [-0.1, -0.05) is 0 Å². The summed E-state index contributed by atoms with van der Waals surface area (Å²) in [5, 5.41) is 0. The molecule has 2 N–H and O–H groups in total. The van der Waals surface area contributed by atoms with E-state index < -0.39 is 29.4 Å². The van der Waals surface area contributed by atoms with Gasteiger partial charge >= 0.3 is 0 Å². The number of rotatable bonds is 6. The van der Waals surface area contributed by atoms with Crippen molar-refractivity contribution in [3.05, 3.63) is 89.5 Å². The minimum absolute atomic E-state index is 0.0178. The van der Waals surface area contributed by atoms with Gasteiger partial charge in [-0.25, -0.2) is 17.6 Å². The molecule has 32 heavy (non-hydrogen) atoms. The number of ether oxygens (including phenoxy) is 1. The van der Waals surface area contributed by atoms with E-state index in [1.165, 1.54) is 24.3 Å². The van der Waals surface area contributed by atoms with Crippen molar-refractivity contribution in [3.8, 4) is 11.5 Å². The Hall–Kier alpha value is -3.55. The average molecular weight is 444 g/mol. The summed E-state index contributed by atoms with van der Waals surface area (Å²) in [6.45, 7) is 0.349. The van der Waals surface area contributed by atoms with Gasteiger partial charge in [0.15, 0.2) is 0 Å². The van der Waals surface area contributed by atoms with Crippen LogP contribution in [0.4, 0.5) is 23.2 Å². The van der Waals surface area contributed by atoms with Crippen LogP contribution < -0.4 is 15.4 Å². The van der Waals surface area contributed by atoms with E-state index in [1.54, 1.807) is 29.2 Å². The summed E-state index contributed by atoms with van der Waals surface area (Å²) in [4.78, 5) is 13.8. The topological polar surface area (TPSA) is 55.6 Å². The number of carbonyl (C=O) groups is 1. The van der Waals surface area contributed by atoms with E-state index in [2.05, 4.69) is 0 Å². The first-order valence-corrected chi connectivity index (χ1v) is 10.0. The molecule has 166 valence electrons. The van der Waals surface area contributed by atoms with Crippen LogP contribution in [0.25, 0.3) is 0 Å². The van der Waals surface area contributed by atoms with Crippen LogP contribution in [-0.4, -0.2) is 18.5 Å². The fourth-order valence-corrected chi connectivity index (χ4v) is 4.03. The molecule has 0 spiro atoms. The Kier molecular flexibility index (Phi) is 6.03. The first-order chi connectivity index (χ1) is 15.3. The Morgan fingerprint density at radius 2 is 1.47 bits per heavy atom. The molecular weight excluding hydrogens is 424 g/mol. The quantitative estimate of drug-likeness (QED) is 0.547. The molecule has 1 heterocycles. The highest BCUT2D eigenvalue weighted by Gasteiger charge is 2.36. The van der Waals surface area contributed by atoms with Crippen LogP contribution >= 0.6 is 0 Å². The van der Waals surface area contributed by atoms with Crippen LogP contribution in [0.5, 0.6) is 11.5 Å². The van der Waals surface area contributed by atoms with Gasteiger partial charge in [0.1, 0.15) is 40.8 Å². The Morgan fingerprint density at radius 3 is 2.03 bits per heavy atom. The van der Waals surface area contributed by atoms with Crippen molar-refractivity contribution in [1.82, 2.24) is 0 Å². The van der Waals surface area contributed by atoms with Crippen LogP contribution in [0.3, 0.4) is 0 Å². The standard InChI is InChI=1S/C24H20F4N2O2/c25-15-1-5-18(6-2-15)32-19-7-3-17(4-8-19)30-13-14(10-23(30)24(29)31)9-20-21(27)11-16(26)12-22(20)28/h1-8,11-12,14,23H,9-10,13H2,(H2,29,31). The molecule has 4 rings (SSSR count). The Labute approximate surface area is 182 Å². The number of carbonyl (C=O) groups excluding carboxylic acids is 1. The third-order valence-corrected chi connectivity index (χ3v) is 5.53. The highest BCUT2D eigenvalue weighted by Crippen LogP contribution is 2.34. The van der Waals surface area contributed by atoms with E-state index in [4.69, 9.17) is 10.5 Å². The summed E-state index contributed by atoms with van der Waals surface area (Å²) in [7, 11) is 0. The van der Waals surface area contributed by atoms with Crippen LogP contribution in [-0.2, 0) is 11.2 Å². The van der Waals surface area contributed by atoms with E-state index in [0.717, 1.165) is 0 Å². The van der Waals surface area contributed by atoms with Gasteiger partial charge in [-0.05, 0) is 67.3 Å². The van der Waals surface area contributed by atoms with Crippen LogP contribution in [0.2, 0.25) is 0 Å². The molecule has 0 saturated carbocycles. The molecular formula is C24H20F4N2O2. The number of nitrogens with zero attached hydrogens (tertiary/aromatic N) is 1. The number of hydrogen-bond acceptors (Lipinski definition) is 3. The average Bonchev–Trinajstić information content (AvgIpc) is 3.17. The SMILES string of the molecule is NC(=O)C1CC(Cc2c(F)cc(F)cc2F)CN1c1ccc(Oc2ccc(F)cc2)cc1. The second kappa shape index (κ2) is 8.90. The predicted molar refractivity (Wildman–Crippen MR) is 111 cm³/mol. The molecule has 0 aromatic heterocycles. The molecule has 4 nitrogen and oxygen atoms in total. The molecule has 0 bridgehead atoms. The number of benzene rings is 3. The molecule has 1 aliphatic rings. The third-order valence-electron chi connectivity index (χ3n) is 5.53. The molecule has 1 aliphatic heterocycles. The molecule has 1 fully saturated rings. The lowest BCUT2D eigenvalue weighted by atomic mass is 9.96. The van der Waals surface area contributed by atoms with Gasteiger partial charge in [-0.3, -0.25) is 4.79 Å². The maximum Gasteiger partial charge on any atom is 0.240 e. The molecule has 0 aliphatic carbocycles. The number of primary amides is 1. The minimum atomic E-state index is -0.977. The predicted octanol–water partition coefficient (Wildman–Crippen LogP) is 4.96. The van der Waals surface area contributed by atoms with Crippen molar-refractivity contribution in [2.75, 3.05) is 11.4 Å². The van der Waals surface area contributed by atoms with E-state index in [1.807, 2.05) is 0 Å². The van der Waals surface area contributed by atoms with Gasteiger partial charge in [0.05, 0.1) is 0 Å². The maximum atomic E-state index is 14.1. The first-order valence-electron chi connectivity index (χ1n) is 10.0. The van der Waals surface area contributed by atoms with E-state index in [9.17, 15) is 22.4 Å². The van der Waals surface area contributed by atoms with Crippen molar-refractivity contribution in [2.24, 2.45) is 11.7 Å². The zero-order valence-electron chi connectivity index (χ0n) is 16.9. The van der Waals surface area contributed by atoms with Gasteiger partial charge in [0, 0.05) is 29.9 Å². The minimum Gasteiger partial charge on any atom is -0.457 e. The zero-order chi connectivity index (χ0) is 22.8. The monoisotopic (exact) mass is 444 g/mol. The second-order valence-electron chi connectivity index (χ2n) is 7.77. The summed E-state index contributed by atoms with van der Waals surface area (Å²) in [6, 6.07) is 13.1. The van der Waals surface area contributed by atoms with Gasteiger partial charge in [0.25, 0.3) is 0 Å². The van der Waals surface area contributed by atoms with Crippen molar-refractivity contribution in [3.63, 3.8) is 0 Å². The number of nitrogens with two attached hydrogens (primary N) is 1. The van der Waals surface area contributed by atoms with Gasteiger partial charge in [-0.2, -0.15) is 0 Å². The molecule has 2 atom stereocenters. The van der Waals surface area contributed by atoms with E-state index >= 15 is 0 Å². The van der Waals surface area contributed by atoms with Crippen LogP contribution in [0.15, 0.2) is 60.7 Å². The maximum absolute atomic E-state index is 14.1. The summed E-state index contributed by atoms with van der Waals surface area (Å²) in [5.41, 5.74) is 6.06. The second-order valence-corrected chi connectivity index (χ2v) is 7.77. The number of halogens is 4. The summed E-state index contributed by atoms with van der Waals surface area (Å²) in [5.74, 6) is -3.04. The smallest absolute Gasteiger partial charge is 0.240 e. The Balaban J connectivity index is 1.49. The van der Waals surface area contributed by atoms with Gasteiger partial charge < -0.3 is 15.4 Å². The fraction of sp³-hybridized carbons (Fsp3) is 0.208. The Bertz CT molecular complexity index is 1100. The summed E-state index contributed by atoms with van der Waals surface area (Å²) >= 11 is 0. The lowest BCUT2D eigenvalue weighted by molar-refractivity contribution is -0.119. The van der Waals surface area contributed by atoms with Crippen molar-refractivity contribution < 1.29 is 27.1 Å². The van der Waals surface area contributed by atoms with E-state index in [-0.39, 0.29) is 23.7 Å². The number of anilines is 1. The number of amides is 1.